The van der Waals surface area contributed by atoms with Crippen molar-refractivity contribution in [2.45, 2.75) is 32.2 Å². The molecule has 1 amide bonds. The number of carbonyl (C=O) groups excluding carboxylic acids is 1. The first kappa shape index (κ1) is 20.5. The van der Waals surface area contributed by atoms with Gasteiger partial charge in [0.15, 0.2) is 0 Å². The lowest BCUT2D eigenvalue weighted by atomic mass is 9.89. The molecule has 0 unspecified atom stereocenters. The third kappa shape index (κ3) is 3.93. The second-order valence-corrected chi connectivity index (χ2v) is 8.85. The van der Waals surface area contributed by atoms with Crippen molar-refractivity contribution in [1.82, 2.24) is 9.97 Å². The van der Waals surface area contributed by atoms with Crippen LogP contribution in [0.25, 0.3) is 0 Å². The Balaban J connectivity index is 1.44. The van der Waals surface area contributed by atoms with E-state index in [4.69, 9.17) is 4.98 Å². The van der Waals surface area contributed by atoms with Gasteiger partial charge in [0.1, 0.15) is 18.0 Å². The van der Waals surface area contributed by atoms with Crippen LogP contribution in [0.5, 0.6) is 0 Å². The molecule has 6 heteroatoms. The summed E-state index contributed by atoms with van der Waals surface area (Å²) in [6.45, 7) is 4.73. The summed E-state index contributed by atoms with van der Waals surface area (Å²) in [6.07, 6.45) is 3.83. The monoisotopic (exact) mass is 427 g/mol. The minimum atomic E-state index is 0.0739. The van der Waals surface area contributed by atoms with Crippen molar-refractivity contribution in [3.63, 3.8) is 0 Å². The molecule has 32 heavy (non-hydrogen) atoms. The normalized spacial score (nSPS) is 17.3. The second-order valence-electron chi connectivity index (χ2n) is 8.85. The maximum Gasteiger partial charge on any atom is 0.246 e. The minimum Gasteiger partial charge on any atom is -0.356 e. The van der Waals surface area contributed by atoms with E-state index in [9.17, 15) is 4.79 Å². The molecule has 0 N–H and O–H groups in total. The molecule has 2 aliphatic rings. The Labute approximate surface area is 189 Å². The molecule has 1 aromatic heterocycles. The lowest BCUT2D eigenvalue weighted by Gasteiger charge is -2.34. The number of hydrogen-bond acceptors (Lipinski definition) is 5. The number of nitrogens with zero attached hydrogens (tertiary/aromatic N) is 5. The van der Waals surface area contributed by atoms with Gasteiger partial charge in [0.25, 0.3) is 0 Å². The lowest BCUT2D eigenvalue weighted by molar-refractivity contribution is -0.117. The van der Waals surface area contributed by atoms with Crippen molar-refractivity contribution in [3.05, 3.63) is 77.6 Å². The minimum absolute atomic E-state index is 0.0739. The van der Waals surface area contributed by atoms with Crippen molar-refractivity contribution in [1.29, 1.82) is 0 Å². The number of aromatic nitrogens is 2. The van der Waals surface area contributed by atoms with Gasteiger partial charge in [0.2, 0.25) is 5.91 Å². The fourth-order valence-electron chi connectivity index (χ4n) is 4.93. The average molecular weight is 428 g/mol. The summed E-state index contributed by atoms with van der Waals surface area (Å²) in [5, 5.41) is 0. The van der Waals surface area contributed by atoms with Gasteiger partial charge < -0.3 is 14.7 Å². The number of hydrogen-bond donors (Lipinski definition) is 0. The van der Waals surface area contributed by atoms with Crippen LogP contribution in [0.15, 0.2) is 60.9 Å². The Morgan fingerprint density at radius 1 is 0.906 bits per heavy atom. The van der Waals surface area contributed by atoms with Gasteiger partial charge >= 0.3 is 0 Å². The molecule has 0 aliphatic carbocycles. The molecular weight excluding hydrogens is 398 g/mol. The van der Waals surface area contributed by atoms with E-state index in [1.54, 1.807) is 6.33 Å². The average Bonchev–Trinajstić information content (AvgIpc) is 2.95. The number of likely N-dealkylation sites (N-methyl/N-ethyl adjacent to an activating group) is 1. The molecule has 2 aromatic carbocycles. The van der Waals surface area contributed by atoms with Crippen molar-refractivity contribution in [2.75, 3.05) is 41.4 Å². The fourth-order valence-corrected chi connectivity index (χ4v) is 4.93. The van der Waals surface area contributed by atoms with Crippen LogP contribution in [-0.4, -0.2) is 42.6 Å². The lowest BCUT2D eigenvalue weighted by Crippen LogP contribution is -2.36. The van der Waals surface area contributed by atoms with Crippen molar-refractivity contribution < 1.29 is 4.79 Å². The fraction of sp³-hybridized carbons (Fsp3) is 0.346. The van der Waals surface area contributed by atoms with E-state index < -0.39 is 0 Å². The Bertz CT molecular complexity index is 1110. The number of carbonyl (C=O) groups is 1. The van der Waals surface area contributed by atoms with Crippen LogP contribution in [0.3, 0.4) is 0 Å². The Hall–Kier alpha value is -3.41. The zero-order valence-corrected chi connectivity index (χ0v) is 18.7. The number of piperidine rings is 1. The summed E-state index contributed by atoms with van der Waals surface area (Å²) < 4.78 is 0. The molecule has 2 aliphatic heterocycles. The van der Waals surface area contributed by atoms with Crippen LogP contribution in [0, 0.1) is 6.92 Å². The number of amides is 1. The zero-order chi connectivity index (χ0) is 22.1. The number of fused-ring (bicyclic) bond motifs is 1. The van der Waals surface area contributed by atoms with Crippen LogP contribution in [-0.2, 0) is 11.3 Å². The molecule has 0 atom stereocenters. The van der Waals surface area contributed by atoms with E-state index >= 15 is 0 Å². The van der Waals surface area contributed by atoms with Crippen LogP contribution in [0.2, 0.25) is 0 Å². The largest absolute Gasteiger partial charge is 0.356 e. The van der Waals surface area contributed by atoms with Gasteiger partial charge in [0, 0.05) is 25.8 Å². The maximum atomic E-state index is 13.1. The standard InChI is InChI=1S/C26H29N5O/c1-19-7-6-10-22(15-19)31-16-23-25(29(2)17-24(31)32)27-18-28-26(23)30-13-11-21(12-14-30)20-8-4-3-5-9-20/h3-10,15,18,21H,11-14,16-17H2,1-2H3. The molecular formula is C26H29N5O. The number of anilines is 3. The first-order valence-corrected chi connectivity index (χ1v) is 11.3. The van der Waals surface area contributed by atoms with Crippen LogP contribution in [0.1, 0.15) is 35.4 Å². The summed E-state index contributed by atoms with van der Waals surface area (Å²) in [5.41, 5.74) is 4.51. The highest BCUT2D eigenvalue weighted by Crippen LogP contribution is 2.35. The third-order valence-electron chi connectivity index (χ3n) is 6.63. The summed E-state index contributed by atoms with van der Waals surface area (Å²) in [6, 6.07) is 18.9. The van der Waals surface area contributed by atoms with E-state index in [2.05, 4.69) is 59.3 Å². The first-order valence-electron chi connectivity index (χ1n) is 11.3. The molecule has 0 saturated carbocycles. The van der Waals surface area contributed by atoms with Gasteiger partial charge in [-0.2, -0.15) is 0 Å². The van der Waals surface area contributed by atoms with Crippen molar-refractivity contribution in [3.8, 4) is 0 Å². The summed E-state index contributed by atoms with van der Waals surface area (Å²) in [5.74, 6) is 2.47. The number of aryl methyl sites for hydroxylation is 1. The van der Waals surface area contributed by atoms with Crippen molar-refractivity contribution >= 4 is 23.2 Å². The highest BCUT2D eigenvalue weighted by Gasteiger charge is 2.31. The van der Waals surface area contributed by atoms with E-state index in [1.807, 2.05) is 29.0 Å². The number of benzene rings is 2. The van der Waals surface area contributed by atoms with Gasteiger partial charge in [-0.05, 0) is 48.9 Å². The van der Waals surface area contributed by atoms with Gasteiger partial charge in [-0.15, -0.1) is 0 Å². The molecule has 3 aromatic rings. The van der Waals surface area contributed by atoms with Crippen molar-refractivity contribution in [2.24, 2.45) is 0 Å². The van der Waals surface area contributed by atoms with E-state index in [0.29, 0.717) is 19.0 Å². The van der Waals surface area contributed by atoms with Crippen LogP contribution in [0.4, 0.5) is 17.3 Å². The zero-order valence-electron chi connectivity index (χ0n) is 18.7. The Kier molecular flexibility index (Phi) is 5.52. The summed E-state index contributed by atoms with van der Waals surface area (Å²) in [7, 11) is 1.94. The molecule has 1 fully saturated rings. The SMILES string of the molecule is Cc1cccc(N2Cc3c(ncnc3N3CCC(c4ccccc4)CC3)N(C)CC2=O)c1. The molecule has 3 heterocycles. The molecule has 1 saturated heterocycles. The molecule has 6 nitrogen and oxygen atoms in total. The number of rotatable bonds is 3. The Morgan fingerprint density at radius 3 is 2.41 bits per heavy atom. The second kappa shape index (κ2) is 8.61. The van der Waals surface area contributed by atoms with E-state index in [0.717, 1.165) is 54.4 Å². The topological polar surface area (TPSA) is 52.6 Å². The van der Waals surface area contributed by atoms with Gasteiger partial charge in [0.05, 0.1) is 18.7 Å². The van der Waals surface area contributed by atoms with Crippen LogP contribution < -0.4 is 14.7 Å². The van der Waals surface area contributed by atoms with Gasteiger partial charge in [-0.25, -0.2) is 9.97 Å². The predicted octanol–water partition coefficient (Wildman–Crippen LogP) is 4.15. The summed E-state index contributed by atoms with van der Waals surface area (Å²) in [4.78, 5) is 28.6. The molecule has 5 rings (SSSR count). The molecule has 0 spiro atoms. The first-order chi connectivity index (χ1) is 15.6. The highest BCUT2D eigenvalue weighted by atomic mass is 16.2. The highest BCUT2D eigenvalue weighted by molar-refractivity contribution is 5.98. The molecule has 0 bridgehead atoms. The smallest absolute Gasteiger partial charge is 0.246 e. The van der Waals surface area contributed by atoms with Gasteiger partial charge in [-0.1, -0.05) is 42.5 Å². The summed E-state index contributed by atoms with van der Waals surface area (Å²) >= 11 is 0. The van der Waals surface area contributed by atoms with Gasteiger partial charge in [-0.3, -0.25) is 4.79 Å². The molecule has 164 valence electrons. The Morgan fingerprint density at radius 2 is 1.66 bits per heavy atom. The quantitative estimate of drug-likeness (QED) is 0.629. The van der Waals surface area contributed by atoms with E-state index in [1.165, 1.54) is 5.56 Å². The third-order valence-corrected chi connectivity index (χ3v) is 6.63. The maximum absolute atomic E-state index is 13.1. The van der Waals surface area contributed by atoms with E-state index in [-0.39, 0.29) is 5.91 Å². The van der Waals surface area contributed by atoms with Crippen LogP contribution >= 0.6 is 0 Å². The predicted molar refractivity (Wildman–Crippen MR) is 128 cm³/mol. The molecule has 0 radical (unpaired) electrons.